The van der Waals surface area contributed by atoms with Crippen LogP contribution in [0.25, 0.3) is 11.1 Å². The zero-order valence-electron chi connectivity index (χ0n) is 16.5. The molecular weight excluding hydrogens is 414 g/mol. The van der Waals surface area contributed by atoms with Crippen LogP contribution in [0.4, 0.5) is 13.6 Å². The molecule has 162 valence electrons. The van der Waals surface area contributed by atoms with Crippen molar-refractivity contribution in [3.63, 3.8) is 0 Å². The van der Waals surface area contributed by atoms with E-state index >= 15 is 0 Å². The van der Waals surface area contributed by atoms with Crippen molar-refractivity contribution in [1.82, 2.24) is 9.62 Å². The SMILES string of the molecule is CS(=O)(=O)N[C@@H]1CCN(C(=O)OCC(F)F)[C@@H]1Cc1cccc(-c2ccccc2)c1. The molecular formula is C21H24F2N2O4S. The van der Waals surface area contributed by atoms with E-state index < -0.39 is 41.2 Å². The average Bonchev–Trinajstić information content (AvgIpc) is 3.07. The molecule has 0 bridgehead atoms. The number of benzene rings is 2. The molecule has 0 aliphatic carbocycles. The summed E-state index contributed by atoms with van der Waals surface area (Å²) in [6, 6.07) is 16.4. The van der Waals surface area contributed by atoms with Crippen LogP contribution in [0.3, 0.4) is 0 Å². The minimum Gasteiger partial charge on any atom is -0.443 e. The smallest absolute Gasteiger partial charge is 0.410 e. The maximum absolute atomic E-state index is 12.4. The second kappa shape index (κ2) is 9.53. The molecule has 30 heavy (non-hydrogen) atoms. The van der Waals surface area contributed by atoms with Crippen LogP contribution in [0.1, 0.15) is 12.0 Å². The predicted octanol–water partition coefficient (Wildman–Crippen LogP) is 3.29. The van der Waals surface area contributed by atoms with Crippen LogP contribution in [0.15, 0.2) is 54.6 Å². The van der Waals surface area contributed by atoms with Crippen LogP contribution < -0.4 is 4.72 Å². The number of hydrogen-bond donors (Lipinski definition) is 1. The summed E-state index contributed by atoms with van der Waals surface area (Å²) in [5.74, 6) is 0. The van der Waals surface area contributed by atoms with Gasteiger partial charge in [-0.1, -0.05) is 54.6 Å². The van der Waals surface area contributed by atoms with Gasteiger partial charge in [0.15, 0.2) is 6.61 Å². The van der Waals surface area contributed by atoms with E-state index in [9.17, 15) is 22.0 Å². The van der Waals surface area contributed by atoms with E-state index in [0.717, 1.165) is 22.9 Å². The fourth-order valence-corrected chi connectivity index (χ4v) is 4.54. The minimum atomic E-state index is -3.51. The number of nitrogens with one attached hydrogen (secondary N) is 1. The minimum absolute atomic E-state index is 0.221. The Labute approximate surface area is 174 Å². The number of rotatable bonds is 7. The number of sulfonamides is 1. The molecule has 2 atom stereocenters. The number of carbonyl (C=O) groups is 1. The summed E-state index contributed by atoms with van der Waals surface area (Å²) >= 11 is 0. The third kappa shape index (κ3) is 5.99. The van der Waals surface area contributed by atoms with Crippen LogP contribution >= 0.6 is 0 Å². The molecule has 1 N–H and O–H groups in total. The Balaban J connectivity index is 1.83. The Kier molecular flexibility index (Phi) is 7.04. The van der Waals surface area contributed by atoms with E-state index in [0.29, 0.717) is 12.8 Å². The molecule has 0 saturated carbocycles. The molecule has 0 radical (unpaired) electrons. The van der Waals surface area contributed by atoms with Gasteiger partial charge in [-0.25, -0.2) is 26.7 Å². The van der Waals surface area contributed by atoms with Gasteiger partial charge in [0.1, 0.15) is 0 Å². The molecule has 0 unspecified atom stereocenters. The van der Waals surface area contributed by atoms with Crippen LogP contribution in [0.5, 0.6) is 0 Å². The second-order valence-corrected chi connectivity index (χ2v) is 9.06. The highest BCUT2D eigenvalue weighted by atomic mass is 32.2. The number of halogens is 2. The summed E-state index contributed by atoms with van der Waals surface area (Å²) in [6.07, 6.45) is -1.84. The van der Waals surface area contributed by atoms with Crippen molar-refractivity contribution in [2.45, 2.75) is 31.4 Å². The fourth-order valence-electron chi connectivity index (χ4n) is 3.71. The van der Waals surface area contributed by atoms with Crippen molar-refractivity contribution in [1.29, 1.82) is 0 Å². The fraction of sp³-hybridized carbons (Fsp3) is 0.381. The number of alkyl halides is 2. The van der Waals surface area contributed by atoms with Gasteiger partial charge in [-0.3, -0.25) is 0 Å². The zero-order chi connectivity index (χ0) is 21.7. The quantitative estimate of drug-likeness (QED) is 0.720. The first-order valence-corrected chi connectivity index (χ1v) is 11.5. The van der Waals surface area contributed by atoms with Gasteiger partial charge in [-0.05, 0) is 29.5 Å². The van der Waals surface area contributed by atoms with Crippen molar-refractivity contribution in [2.24, 2.45) is 0 Å². The number of ether oxygens (including phenoxy) is 1. The predicted molar refractivity (Wildman–Crippen MR) is 110 cm³/mol. The Hall–Kier alpha value is -2.52. The molecule has 0 aromatic heterocycles. The first-order valence-electron chi connectivity index (χ1n) is 9.56. The number of likely N-dealkylation sites (tertiary alicyclic amines) is 1. The van der Waals surface area contributed by atoms with Gasteiger partial charge in [0.25, 0.3) is 6.43 Å². The van der Waals surface area contributed by atoms with E-state index in [1.54, 1.807) is 0 Å². The average molecular weight is 438 g/mol. The number of nitrogens with zero attached hydrogens (tertiary/aromatic N) is 1. The second-order valence-electron chi connectivity index (χ2n) is 7.28. The first-order chi connectivity index (χ1) is 14.2. The molecule has 1 aliphatic heterocycles. The highest BCUT2D eigenvalue weighted by molar-refractivity contribution is 7.88. The summed E-state index contributed by atoms with van der Waals surface area (Å²) in [4.78, 5) is 13.7. The van der Waals surface area contributed by atoms with Crippen molar-refractivity contribution < 1.29 is 26.7 Å². The van der Waals surface area contributed by atoms with Crippen molar-refractivity contribution in [3.05, 3.63) is 60.2 Å². The molecule has 2 aromatic rings. The van der Waals surface area contributed by atoms with Crippen LogP contribution in [0, 0.1) is 0 Å². The lowest BCUT2D eigenvalue weighted by atomic mass is 9.97. The standard InChI is InChI=1S/C21H24F2N2O4S/c1-30(27,28)24-18-10-11-25(21(26)29-14-20(22)23)19(18)13-15-6-5-9-17(12-15)16-7-3-2-4-8-16/h2-9,12,18-20,24H,10-11,13-14H2,1H3/t18-,19-/m1/s1. The van der Waals surface area contributed by atoms with Crippen molar-refractivity contribution in [3.8, 4) is 11.1 Å². The summed E-state index contributed by atoms with van der Waals surface area (Å²) in [5, 5.41) is 0. The summed E-state index contributed by atoms with van der Waals surface area (Å²) in [6.45, 7) is -0.770. The van der Waals surface area contributed by atoms with E-state index in [2.05, 4.69) is 9.46 Å². The normalized spacial score (nSPS) is 19.3. The molecule has 1 amide bonds. The van der Waals surface area contributed by atoms with Gasteiger partial charge in [0, 0.05) is 12.6 Å². The number of carbonyl (C=O) groups excluding carboxylic acids is 1. The summed E-state index contributed by atoms with van der Waals surface area (Å²) < 4.78 is 55.7. The van der Waals surface area contributed by atoms with Crippen LogP contribution in [-0.4, -0.2) is 57.3 Å². The number of hydrogen-bond acceptors (Lipinski definition) is 4. The highest BCUT2D eigenvalue weighted by Gasteiger charge is 2.39. The van der Waals surface area contributed by atoms with E-state index in [-0.39, 0.29) is 6.54 Å². The van der Waals surface area contributed by atoms with Crippen LogP contribution in [-0.2, 0) is 21.2 Å². The summed E-state index contributed by atoms with van der Waals surface area (Å²) in [7, 11) is -3.51. The Morgan fingerprint density at radius 2 is 1.87 bits per heavy atom. The highest BCUT2D eigenvalue weighted by Crippen LogP contribution is 2.26. The molecule has 1 saturated heterocycles. The molecule has 1 aliphatic rings. The monoisotopic (exact) mass is 438 g/mol. The lowest BCUT2D eigenvalue weighted by Crippen LogP contribution is -2.48. The summed E-state index contributed by atoms with van der Waals surface area (Å²) in [5.41, 5.74) is 2.92. The lowest BCUT2D eigenvalue weighted by molar-refractivity contribution is 0.0295. The molecule has 0 spiro atoms. The van der Waals surface area contributed by atoms with Gasteiger partial charge in [-0.15, -0.1) is 0 Å². The molecule has 1 heterocycles. The largest absolute Gasteiger partial charge is 0.443 e. The molecule has 6 nitrogen and oxygen atoms in total. The van der Waals surface area contributed by atoms with Gasteiger partial charge in [0.2, 0.25) is 10.0 Å². The Bertz CT molecular complexity index is 970. The first kappa shape index (κ1) is 22.2. The molecule has 9 heteroatoms. The van der Waals surface area contributed by atoms with Gasteiger partial charge < -0.3 is 9.64 Å². The van der Waals surface area contributed by atoms with E-state index in [1.807, 2.05) is 54.6 Å². The number of amides is 1. The Morgan fingerprint density at radius 3 is 2.53 bits per heavy atom. The molecule has 3 rings (SSSR count). The van der Waals surface area contributed by atoms with Gasteiger partial charge in [-0.2, -0.15) is 0 Å². The molecule has 2 aromatic carbocycles. The van der Waals surface area contributed by atoms with Crippen LogP contribution in [0.2, 0.25) is 0 Å². The molecule has 1 fully saturated rings. The third-order valence-corrected chi connectivity index (χ3v) is 5.69. The van der Waals surface area contributed by atoms with Crippen molar-refractivity contribution in [2.75, 3.05) is 19.4 Å². The van der Waals surface area contributed by atoms with Gasteiger partial charge >= 0.3 is 6.09 Å². The lowest BCUT2D eigenvalue weighted by Gasteiger charge is -2.28. The van der Waals surface area contributed by atoms with Gasteiger partial charge in [0.05, 0.1) is 12.3 Å². The van der Waals surface area contributed by atoms with Crippen molar-refractivity contribution >= 4 is 16.1 Å². The maximum Gasteiger partial charge on any atom is 0.410 e. The zero-order valence-corrected chi connectivity index (χ0v) is 17.3. The topological polar surface area (TPSA) is 75.7 Å². The van der Waals surface area contributed by atoms with E-state index in [4.69, 9.17) is 0 Å². The maximum atomic E-state index is 12.4. The Morgan fingerprint density at radius 1 is 1.17 bits per heavy atom. The third-order valence-electron chi connectivity index (χ3n) is 4.96. The van der Waals surface area contributed by atoms with E-state index in [1.165, 1.54) is 4.90 Å².